The number of carbonyl (C=O) groups excluding carboxylic acids is 1. The first-order chi connectivity index (χ1) is 10.3. The minimum absolute atomic E-state index is 0.0818. The molecule has 1 aromatic rings. The molecule has 0 spiro atoms. The molecule has 1 aromatic carbocycles. The molecular formula is C17H25N3O. The van der Waals surface area contributed by atoms with Crippen LogP contribution in [0.5, 0.6) is 0 Å². The number of piperidine rings is 1. The maximum Gasteiger partial charge on any atom is 0.251 e. The molecule has 1 fully saturated rings. The van der Waals surface area contributed by atoms with E-state index in [1.54, 1.807) is 0 Å². The van der Waals surface area contributed by atoms with E-state index in [9.17, 15) is 4.79 Å². The summed E-state index contributed by atoms with van der Waals surface area (Å²) in [6, 6.07) is 6.36. The zero-order chi connectivity index (χ0) is 14.7. The fourth-order valence-electron chi connectivity index (χ4n) is 3.28. The average Bonchev–Trinajstić information content (AvgIpc) is 2.55. The number of hydrogen-bond donors (Lipinski definition) is 2. The van der Waals surface area contributed by atoms with Crippen LogP contribution >= 0.6 is 0 Å². The largest absolute Gasteiger partial charge is 0.385 e. The predicted molar refractivity (Wildman–Crippen MR) is 85.9 cm³/mol. The molecule has 2 aliphatic heterocycles. The first-order valence-corrected chi connectivity index (χ1v) is 8.16. The maximum atomic E-state index is 12.4. The summed E-state index contributed by atoms with van der Waals surface area (Å²) in [6.07, 6.45) is 4.34. The minimum atomic E-state index is 0.0818. The second-order valence-corrected chi connectivity index (χ2v) is 6.08. The van der Waals surface area contributed by atoms with Crippen molar-refractivity contribution in [1.29, 1.82) is 0 Å². The summed E-state index contributed by atoms with van der Waals surface area (Å²) < 4.78 is 0. The van der Waals surface area contributed by atoms with Gasteiger partial charge in [-0.1, -0.05) is 6.92 Å². The number of rotatable bonds is 3. The predicted octanol–water partition coefficient (Wildman–Crippen LogP) is 2.26. The second kappa shape index (κ2) is 6.48. The molecule has 2 heterocycles. The van der Waals surface area contributed by atoms with Gasteiger partial charge in [-0.25, -0.2) is 0 Å². The summed E-state index contributed by atoms with van der Waals surface area (Å²) in [5.74, 6) is 0.0818. The molecule has 2 aliphatic rings. The maximum absolute atomic E-state index is 12.4. The monoisotopic (exact) mass is 287 g/mol. The van der Waals surface area contributed by atoms with Gasteiger partial charge in [0.25, 0.3) is 5.91 Å². The molecule has 114 valence electrons. The Morgan fingerprint density at radius 3 is 2.95 bits per heavy atom. The van der Waals surface area contributed by atoms with Gasteiger partial charge in [-0.2, -0.15) is 0 Å². The summed E-state index contributed by atoms with van der Waals surface area (Å²) in [5.41, 5.74) is 3.26. The number of nitrogens with one attached hydrogen (secondary N) is 2. The summed E-state index contributed by atoms with van der Waals surface area (Å²) in [5, 5.41) is 6.58. The fraction of sp³-hybridized carbons (Fsp3) is 0.588. The Morgan fingerprint density at radius 1 is 1.38 bits per heavy atom. The van der Waals surface area contributed by atoms with Crippen molar-refractivity contribution in [3.05, 3.63) is 29.3 Å². The standard InChI is InChI=1S/C17H25N3O/c1-2-20-10-7-15(8-11-20)19-17(21)14-5-6-16-13(12-14)4-3-9-18-16/h5-6,12,15,18H,2-4,7-11H2,1H3,(H,19,21). The quantitative estimate of drug-likeness (QED) is 0.896. The van der Waals surface area contributed by atoms with E-state index < -0.39 is 0 Å². The van der Waals surface area contributed by atoms with Crippen molar-refractivity contribution in [1.82, 2.24) is 10.2 Å². The van der Waals surface area contributed by atoms with Crippen LogP contribution in [-0.4, -0.2) is 43.0 Å². The van der Waals surface area contributed by atoms with Gasteiger partial charge in [-0.15, -0.1) is 0 Å². The number of aryl methyl sites for hydroxylation is 1. The molecule has 0 radical (unpaired) electrons. The Bertz CT molecular complexity index is 507. The van der Waals surface area contributed by atoms with Crippen LogP contribution in [0.1, 0.15) is 42.1 Å². The molecule has 3 rings (SSSR count). The smallest absolute Gasteiger partial charge is 0.251 e. The number of fused-ring (bicyclic) bond motifs is 1. The van der Waals surface area contributed by atoms with E-state index >= 15 is 0 Å². The lowest BCUT2D eigenvalue weighted by Gasteiger charge is -2.31. The van der Waals surface area contributed by atoms with Crippen molar-refractivity contribution in [3.8, 4) is 0 Å². The summed E-state index contributed by atoms with van der Waals surface area (Å²) in [4.78, 5) is 14.8. The van der Waals surface area contributed by atoms with Gasteiger partial charge in [0.15, 0.2) is 0 Å². The molecule has 0 aromatic heterocycles. The van der Waals surface area contributed by atoms with E-state index in [1.165, 1.54) is 11.3 Å². The van der Waals surface area contributed by atoms with E-state index in [4.69, 9.17) is 0 Å². The van der Waals surface area contributed by atoms with Crippen LogP contribution in [0.3, 0.4) is 0 Å². The highest BCUT2D eigenvalue weighted by atomic mass is 16.1. The van der Waals surface area contributed by atoms with Crippen LogP contribution in [0.4, 0.5) is 5.69 Å². The summed E-state index contributed by atoms with van der Waals surface area (Å²) >= 11 is 0. The summed E-state index contributed by atoms with van der Waals surface area (Å²) in [6.45, 7) is 6.53. The van der Waals surface area contributed by atoms with Crippen molar-refractivity contribution in [2.45, 2.75) is 38.6 Å². The second-order valence-electron chi connectivity index (χ2n) is 6.08. The highest BCUT2D eigenvalue weighted by molar-refractivity contribution is 5.95. The molecule has 0 atom stereocenters. The van der Waals surface area contributed by atoms with Crippen molar-refractivity contribution in [2.75, 3.05) is 31.5 Å². The van der Waals surface area contributed by atoms with Gasteiger partial charge in [0, 0.05) is 36.9 Å². The molecule has 1 amide bonds. The van der Waals surface area contributed by atoms with Crippen molar-refractivity contribution in [3.63, 3.8) is 0 Å². The van der Waals surface area contributed by atoms with Crippen LogP contribution in [0.15, 0.2) is 18.2 Å². The number of carbonyl (C=O) groups is 1. The first kappa shape index (κ1) is 14.4. The normalized spacial score (nSPS) is 19.7. The number of likely N-dealkylation sites (tertiary alicyclic amines) is 1. The van der Waals surface area contributed by atoms with Crippen molar-refractivity contribution in [2.24, 2.45) is 0 Å². The fourth-order valence-corrected chi connectivity index (χ4v) is 3.28. The lowest BCUT2D eigenvalue weighted by Crippen LogP contribution is -2.44. The molecule has 0 unspecified atom stereocenters. The number of anilines is 1. The van der Waals surface area contributed by atoms with Crippen LogP contribution < -0.4 is 10.6 Å². The zero-order valence-electron chi connectivity index (χ0n) is 12.8. The van der Waals surface area contributed by atoms with Crippen LogP contribution in [0, 0.1) is 0 Å². The van der Waals surface area contributed by atoms with Crippen LogP contribution in [0.2, 0.25) is 0 Å². The van der Waals surface area contributed by atoms with Crippen molar-refractivity contribution < 1.29 is 4.79 Å². The number of nitrogens with zero attached hydrogens (tertiary/aromatic N) is 1. The third kappa shape index (κ3) is 3.38. The van der Waals surface area contributed by atoms with Gasteiger partial charge in [0.1, 0.15) is 0 Å². The van der Waals surface area contributed by atoms with Gasteiger partial charge in [-0.05, 0) is 56.0 Å². The van der Waals surface area contributed by atoms with E-state index in [0.717, 1.165) is 57.4 Å². The minimum Gasteiger partial charge on any atom is -0.385 e. The lowest BCUT2D eigenvalue weighted by atomic mass is 9.99. The molecule has 2 N–H and O–H groups in total. The van der Waals surface area contributed by atoms with E-state index in [2.05, 4.69) is 28.5 Å². The summed E-state index contributed by atoms with van der Waals surface area (Å²) in [7, 11) is 0. The number of amides is 1. The van der Waals surface area contributed by atoms with Gasteiger partial charge in [0.2, 0.25) is 0 Å². The Balaban J connectivity index is 1.60. The molecule has 4 heteroatoms. The van der Waals surface area contributed by atoms with E-state index in [1.807, 2.05) is 12.1 Å². The Hall–Kier alpha value is -1.55. The topological polar surface area (TPSA) is 44.4 Å². The van der Waals surface area contributed by atoms with Gasteiger partial charge < -0.3 is 15.5 Å². The zero-order valence-corrected chi connectivity index (χ0v) is 12.8. The van der Waals surface area contributed by atoms with Crippen molar-refractivity contribution >= 4 is 11.6 Å². The van der Waals surface area contributed by atoms with Gasteiger partial charge in [0.05, 0.1) is 0 Å². The Labute approximate surface area is 126 Å². The van der Waals surface area contributed by atoms with Crippen LogP contribution in [0.25, 0.3) is 0 Å². The molecular weight excluding hydrogens is 262 g/mol. The highest BCUT2D eigenvalue weighted by Crippen LogP contribution is 2.23. The Kier molecular flexibility index (Phi) is 4.44. The average molecular weight is 287 g/mol. The molecule has 0 aliphatic carbocycles. The highest BCUT2D eigenvalue weighted by Gasteiger charge is 2.20. The molecule has 4 nitrogen and oxygen atoms in total. The van der Waals surface area contributed by atoms with Gasteiger partial charge >= 0.3 is 0 Å². The SMILES string of the molecule is CCN1CCC(NC(=O)c2ccc3c(c2)CCCN3)CC1. The molecule has 1 saturated heterocycles. The number of hydrogen-bond acceptors (Lipinski definition) is 3. The number of benzene rings is 1. The van der Waals surface area contributed by atoms with E-state index in [0.29, 0.717) is 6.04 Å². The van der Waals surface area contributed by atoms with E-state index in [-0.39, 0.29) is 5.91 Å². The molecule has 0 bridgehead atoms. The molecule has 21 heavy (non-hydrogen) atoms. The van der Waals surface area contributed by atoms with Crippen LogP contribution in [-0.2, 0) is 6.42 Å². The lowest BCUT2D eigenvalue weighted by molar-refractivity contribution is 0.0912. The third-order valence-electron chi connectivity index (χ3n) is 4.68. The molecule has 0 saturated carbocycles. The third-order valence-corrected chi connectivity index (χ3v) is 4.68. The first-order valence-electron chi connectivity index (χ1n) is 8.16. The van der Waals surface area contributed by atoms with Gasteiger partial charge in [-0.3, -0.25) is 4.79 Å². The Morgan fingerprint density at radius 2 is 2.19 bits per heavy atom.